The minimum Gasteiger partial charge on any atom is -0.378 e. The highest BCUT2D eigenvalue weighted by molar-refractivity contribution is 5.81. The van der Waals surface area contributed by atoms with Gasteiger partial charge < -0.3 is 10.1 Å². The van der Waals surface area contributed by atoms with E-state index in [0.29, 0.717) is 0 Å². The summed E-state index contributed by atoms with van der Waals surface area (Å²) in [7, 11) is 1.92. The molecule has 3 rings (SSSR count). The second-order valence-corrected chi connectivity index (χ2v) is 7.17. The first-order valence-electron chi connectivity index (χ1n) is 7.44. The van der Waals surface area contributed by atoms with Crippen molar-refractivity contribution in [3.05, 3.63) is 18.0 Å². The molecule has 1 aliphatic rings. The highest BCUT2D eigenvalue weighted by atomic mass is 16.5. The summed E-state index contributed by atoms with van der Waals surface area (Å²) >= 11 is 0. The molecule has 0 aromatic carbocycles. The number of nitrogens with zero attached hydrogens (tertiary/aromatic N) is 3. The number of rotatable bonds is 2. The van der Waals surface area contributed by atoms with Crippen molar-refractivity contribution in [1.82, 2.24) is 14.8 Å². The summed E-state index contributed by atoms with van der Waals surface area (Å²) < 4.78 is 7.96. The molecule has 2 aromatic heterocycles. The van der Waals surface area contributed by atoms with Crippen LogP contribution in [0.1, 0.15) is 39.8 Å². The maximum atomic E-state index is 6.14. The van der Waals surface area contributed by atoms with Crippen molar-refractivity contribution in [2.45, 2.75) is 58.3 Å². The molecule has 21 heavy (non-hydrogen) atoms. The Bertz CT molecular complexity index is 687. The van der Waals surface area contributed by atoms with Gasteiger partial charge in [0.25, 0.3) is 0 Å². The predicted molar refractivity (Wildman–Crippen MR) is 84.5 cm³/mol. The zero-order valence-electron chi connectivity index (χ0n) is 13.7. The number of aromatic nitrogens is 3. The molecule has 1 N–H and O–H groups in total. The van der Waals surface area contributed by atoms with Crippen molar-refractivity contribution >= 4 is 16.7 Å². The number of nitrogens with one attached hydrogen (secondary N) is 1. The van der Waals surface area contributed by atoms with Gasteiger partial charge in [0.2, 0.25) is 0 Å². The van der Waals surface area contributed by atoms with Crippen molar-refractivity contribution in [1.29, 1.82) is 0 Å². The molecule has 3 heterocycles. The van der Waals surface area contributed by atoms with Crippen LogP contribution in [0.2, 0.25) is 0 Å². The van der Waals surface area contributed by atoms with E-state index in [1.165, 1.54) is 0 Å². The van der Waals surface area contributed by atoms with Gasteiger partial charge in [0, 0.05) is 12.4 Å². The molecule has 114 valence electrons. The van der Waals surface area contributed by atoms with Gasteiger partial charge in [0.1, 0.15) is 0 Å². The summed E-state index contributed by atoms with van der Waals surface area (Å²) in [5.41, 5.74) is 2.66. The van der Waals surface area contributed by atoms with E-state index in [4.69, 9.17) is 4.74 Å². The molecule has 0 spiro atoms. The fourth-order valence-electron chi connectivity index (χ4n) is 3.38. The van der Waals surface area contributed by atoms with Gasteiger partial charge in [-0.2, -0.15) is 5.10 Å². The van der Waals surface area contributed by atoms with Gasteiger partial charge in [-0.15, -0.1) is 0 Å². The third-order valence-electron chi connectivity index (χ3n) is 4.28. The van der Waals surface area contributed by atoms with Gasteiger partial charge in [-0.25, -0.2) is 4.98 Å². The number of aryl methyl sites for hydroxylation is 2. The summed E-state index contributed by atoms with van der Waals surface area (Å²) in [5, 5.41) is 9.10. The van der Waals surface area contributed by atoms with Crippen LogP contribution in [0.25, 0.3) is 11.0 Å². The first-order chi connectivity index (χ1) is 9.68. The number of pyridine rings is 1. The third kappa shape index (κ3) is 2.50. The number of anilines is 1. The fraction of sp³-hybridized carbons (Fsp3) is 0.625. The lowest BCUT2D eigenvalue weighted by Crippen LogP contribution is -2.38. The predicted octanol–water partition coefficient (Wildman–Crippen LogP) is 3.03. The SMILES string of the molecule is Cc1nn(C)c2ncc(NC3CC(C)(C)OC3(C)C)cc12. The molecule has 5 nitrogen and oxygen atoms in total. The lowest BCUT2D eigenvalue weighted by Gasteiger charge is -2.28. The van der Waals surface area contributed by atoms with Crippen LogP contribution < -0.4 is 5.32 Å². The normalized spacial score (nSPS) is 23.6. The van der Waals surface area contributed by atoms with E-state index in [1.807, 2.05) is 24.9 Å². The lowest BCUT2D eigenvalue weighted by atomic mass is 9.94. The summed E-state index contributed by atoms with van der Waals surface area (Å²) in [6.07, 6.45) is 2.86. The molecule has 1 fully saturated rings. The Morgan fingerprint density at radius 3 is 2.67 bits per heavy atom. The highest BCUT2D eigenvalue weighted by Crippen LogP contribution is 2.39. The standard InChI is InChI=1S/C16H24N4O/c1-10-12-7-11(9-17-14(12)20(6)19-10)18-13-8-15(2,3)21-16(13,4)5/h7,9,13,18H,8H2,1-6H3. The van der Waals surface area contributed by atoms with E-state index in [-0.39, 0.29) is 17.2 Å². The molecular weight excluding hydrogens is 264 g/mol. The number of hydrogen-bond acceptors (Lipinski definition) is 4. The van der Waals surface area contributed by atoms with Gasteiger partial charge in [0.05, 0.1) is 34.8 Å². The Morgan fingerprint density at radius 2 is 2.05 bits per heavy atom. The van der Waals surface area contributed by atoms with Crippen LogP contribution in [0.5, 0.6) is 0 Å². The maximum Gasteiger partial charge on any atom is 0.157 e. The molecule has 0 radical (unpaired) electrons. The van der Waals surface area contributed by atoms with Crippen LogP contribution >= 0.6 is 0 Å². The zero-order chi connectivity index (χ0) is 15.4. The van der Waals surface area contributed by atoms with E-state index in [2.05, 4.69) is 49.2 Å². The van der Waals surface area contributed by atoms with Crippen LogP contribution in [0.3, 0.4) is 0 Å². The molecule has 1 aliphatic heterocycles. The Kier molecular flexibility index (Phi) is 3.03. The van der Waals surface area contributed by atoms with Crippen molar-refractivity contribution in [2.75, 3.05) is 5.32 Å². The average molecular weight is 288 g/mol. The minimum atomic E-state index is -0.192. The van der Waals surface area contributed by atoms with Gasteiger partial charge in [0.15, 0.2) is 5.65 Å². The van der Waals surface area contributed by atoms with E-state index in [9.17, 15) is 0 Å². The van der Waals surface area contributed by atoms with Crippen molar-refractivity contribution in [3.63, 3.8) is 0 Å². The third-order valence-corrected chi connectivity index (χ3v) is 4.28. The Morgan fingerprint density at radius 1 is 1.33 bits per heavy atom. The molecule has 0 bridgehead atoms. The molecule has 1 atom stereocenters. The van der Waals surface area contributed by atoms with Crippen LogP contribution in [-0.2, 0) is 11.8 Å². The summed E-state index contributed by atoms with van der Waals surface area (Å²) in [4.78, 5) is 4.52. The molecule has 2 aromatic rings. The monoisotopic (exact) mass is 288 g/mol. The summed E-state index contributed by atoms with van der Waals surface area (Å²) in [6.45, 7) is 10.6. The quantitative estimate of drug-likeness (QED) is 0.923. The first-order valence-corrected chi connectivity index (χ1v) is 7.44. The first kappa shape index (κ1) is 14.3. The average Bonchev–Trinajstić information content (AvgIpc) is 2.73. The van der Waals surface area contributed by atoms with Crippen molar-refractivity contribution in [2.24, 2.45) is 7.05 Å². The van der Waals surface area contributed by atoms with Crippen molar-refractivity contribution in [3.8, 4) is 0 Å². The second-order valence-electron chi connectivity index (χ2n) is 7.17. The smallest absolute Gasteiger partial charge is 0.157 e. The van der Waals surface area contributed by atoms with E-state index in [1.54, 1.807) is 0 Å². The van der Waals surface area contributed by atoms with Gasteiger partial charge >= 0.3 is 0 Å². The number of ether oxygens (including phenoxy) is 1. The topological polar surface area (TPSA) is 52.0 Å². The molecule has 1 saturated heterocycles. The second kappa shape index (κ2) is 4.44. The summed E-state index contributed by atoms with van der Waals surface area (Å²) in [5.74, 6) is 0. The summed E-state index contributed by atoms with van der Waals surface area (Å²) in [6, 6.07) is 2.40. The van der Waals surface area contributed by atoms with Crippen LogP contribution in [0.15, 0.2) is 12.3 Å². The molecular formula is C16H24N4O. The number of fused-ring (bicyclic) bond motifs is 1. The largest absolute Gasteiger partial charge is 0.378 e. The molecule has 5 heteroatoms. The van der Waals surface area contributed by atoms with Crippen LogP contribution in [-0.4, -0.2) is 32.0 Å². The zero-order valence-corrected chi connectivity index (χ0v) is 13.7. The van der Waals surface area contributed by atoms with Crippen molar-refractivity contribution < 1.29 is 4.74 Å². The Balaban J connectivity index is 1.90. The molecule has 0 saturated carbocycles. The minimum absolute atomic E-state index is 0.0943. The van der Waals surface area contributed by atoms with Gasteiger partial charge in [-0.3, -0.25) is 4.68 Å². The van der Waals surface area contributed by atoms with E-state index >= 15 is 0 Å². The maximum absolute atomic E-state index is 6.14. The van der Waals surface area contributed by atoms with Crippen LogP contribution in [0, 0.1) is 6.92 Å². The molecule has 0 aliphatic carbocycles. The fourth-order valence-corrected chi connectivity index (χ4v) is 3.38. The molecule has 0 amide bonds. The molecule has 1 unspecified atom stereocenters. The van der Waals surface area contributed by atoms with Gasteiger partial charge in [-0.1, -0.05) is 0 Å². The lowest BCUT2D eigenvalue weighted by molar-refractivity contribution is -0.0662. The Labute approximate surface area is 125 Å². The highest BCUT2D eigenvalue weighted by Gasteiger charge is 2.45. The Hall–Kier alpha value is -1.62. The van der Waals surface area contributed by atoms with Crippen LogP contribution in [0.4, 0.5) is 5.69 Å². The van der Waals surface area contributed by atoms with E-state index in [0.717, 1.165) is 28.8 Å². The van der Waals surface area contributed by atoms with Gasteiger partial charge in [-0.05, 0) is 47.1 Å². The number of hydrogen-bond donors (Lipinski definition) is 1. The van der Waals surface area contributed by atoms with E-state index < -0.39 is 0 Å².